The molecule has 0 aromatic carbocycles. The summed E-state index contributed by atoms with van der Waals surface area (Å²) in [5.74, 6) is -0.556. The van der Waals surface area contributed by atoms with E-state index in [1.165, 1.54) is 16.7 Å². The average Bonchev–Trinajstić information content (AvgIpc) is 2.78. The highest BCUT2D eigenvalue weighted by Crippen LogP contribution is 2.11. The van der Waals surface area contributed by atoms with Gasteiger partial charge in [-0.15, -0.1) is 11.3 Å². The molecule has 1 heterocycles. The Labute approximate surface area is 117 Å². The molecule has 2 N–H and O–H groups in total. The molecular formula is C13H20N2O3S. The molecule has 1 amide bonds. The fourth-order valence-electron chi connectivity index (χ4n) is 1.82. The van der Waals surface area contributed by atoms with Crippen LogP contribution in [-0.2, 0) is 11.2 Å². The van der Waals surface area contributed by atoms with E-state index in [1.54, 1.807) is 0 Å². The second-order valence-corrected chi connectivity index (χ2v) is 5.57. The number of amides is 1. The predicted molar refractivity (Wildman–Crippen MR) is 74.5 cm³/mol. The maximum atomic E-state index is 11.6. The number of nitrogens with one attached hydrogen (secondary N) is 1. The summed E-state index contributed by atoms with van der Waals surface area (Å²) in [6.07, 6.45) is 3.27. The van der Waals surface area contributed by atoms with Gasteiger partial charge in [0.2, 0.25) is 5.91 Å². The summed E-state index contributed by atoms with van der Waals surface area (Å²) >= 11 is 1.31. The lowest BCUT2D eigenvalue weighted by Crippen LogP contribution is -2.27. The van der Waals surface area contributed by atoms with E-state index in [2.05, 4.69) is 24.1 Å². The summed E-state index contributed by atoms with van der Waals surface area (Å²) in [6, 6.07) is 0. The molecule has 6 heteroatoms. The van der Waals surface area contributed by atoms with Crippen LogP contribution in [0.2, 0.25) is 0 Å². The highest BCUT2D eigenvalue weighted by atomic mass is 32.1. The maximum Gasteiger partial charge on any atom is 0.355 e. The number of nitrogens with zero attached hydrogens (tertiary/aromatic N) is 1. The second-order valence-electron chi connectivity index (χ2n) is 4.63. The lowest BCUT2D eigenvalue weighted by atomic mass is 10.0. The molecule has 19 heavy (non-hydrogen) atoms. The van der Waals surface area contributed by atoms with Gasteiger partial charge in [0.05, 0.1) is 5.01 Å². The lowest BCUT2D eigenvalue weighted by Gasteiger charge is -2.09. The molecule has 1 unspecified atom stereocenters. The predicted octanol–water partition coefficient (Wildman–Crippen LogP) is 2.33. The van der Waals surface area contributed by atoms with E-state index in [0.29, 0.717) is 25.3 Å². The van der Waals surface area contributed by atoms with Crippen molar-refractivity contribution in [2.24, 2.45) is 5.92 Å². The minimum absolute atomic E-state index is 0.0518. The van der Waals surface area contributed by atoms with Crippen LogP contribution < -0.4 is 5.32 Å². The van der Waals surface area contributed by atoms with Crippen molar-refractivity contribution in [3.8, 4) is 0 Å². The van der Waals surface area contributed by atoms with E-state index < -0.39 is 5.97 Å². The van der Waals surface area contributed by atoms with Gasteiger partial charge in [0, 0.05) is 24.8 Å². The van der Waals surface area contributed by atoms with Crippen LogP contribution in [0, 0.1) is 5.92 Å². The highest BCUT2D eigenvalue weighted by molar-refractivity contribution is 7.09. The Morgan fingerprint density at radius 1 is 1.53 bits per heavy atom. The topological polar surface area (TPSA) is 79.3 Å². The van der Waals surface area contributed by atoms with Crippen molar-refractivity contribution in [1.82, 2.24) is 10.3 Å². The van der Waals surface area contributed by atoms with Crippen LogP contribution in [0.1, 0.15) is 48.6 Å². The number of carbonyl (C=O) groups excluding carboxylic acids is 1. The Balaban J connectivity index is 2.25. The van der Waals surface area contributed by atoms with Crippen molar-refractivity contribution in [1.29, 1.82) is 0 Å². The van der Waals surface area contributed by atoms with Crippen molar-refractivity contribution >= 4 is 23.2 Å². The summed E-state index contributed by atoms with van der Waals surface area (Å²) in [5.41, 5.74) is 0.0721. The number of hydrogen-bond acceptors (Lipinski definition) is 4. The Morgan fingerprint density at radius 2 is 2.26 bits per heavy atom. The molecule has 0 spiro atoms. The van der Waals surface area contributed by atoms with Crippen LogP contribution in [0.3, 0.4) is 0 Å². The van der Waals surface area contributed by atoms with E-state index in [1.807, 2.05) is 0 Å². The molecule has 1 aromatic rings. The van der Waals surface area contributed by atoms with Crippen molar-refractivity contribution < 1.29 is 14.7 Å². The van der Waals surface area contributed by atoms with Crippen LogP contribution >= 0.6 is 11.3 Å². The molecule has 0 aliphatic heterocycles. The summed E-state index contributed by atoms with van der Waals surface area (Å²) in [5, 5.41) is 13.8. The first-order chi connectivity index (χ1) is 9.02. The summed E-state index contributed by atoms with van der Waals surface area (Å²) in [4.78, 5) is 26.2. The Bertz CT molecular complexity index is 431. The monoisotopic (exact) mass is 284 g/mol. The number of rotatable bonds is 8. The number of carbonyl (C=O) groups is 2. The molecule has 0 saturated heterocycles. The number of carboxylic acid groups (broad SMARTS) is 1. The highest BCUT2D eigenvalue weighted by Gasteiger charge is 2.10. The molecule has 1 aromatic heterocycles. The van der Waals surface area contributed by atoms with Gasteiger partial charge in [-0.1, -0.05) is 26.7 Å². The molecule has 1 rings (SSSR count). The van der Waals surface area contributed by atoms with Gasteiger partial charge >= 0.3 is 5.97 Å². The van der Waals surface area contributed by atoms with Crippen molar-refractivity contribution in [3.63, 3.8) is 0 Å². The number of aromatic nitrogens is 1. The largest absolute Gasteiger partial charge is 0.476 e. The van der Waals surface area contributed by atoms with E-state index in [9.17, 15) is 9.59 Å². The molecule has 0 aliphatic carbocycles. The molecule has 1 atom stereocenters. The first-order valence-electron chi connectivity index (χ1n) is 6.47. The van der Waals surface area contributed by atoms with Crippen molar-refractivity contribution in [2.45, 2.75) is 39.5 Å². The first kappa shape index (κ1) is 15.6. The van der Waals surface area contributed by atoms with E-state index in [-0.39, 0.29) is 11.6 Å². The molecular weight excluding hydrogens is 264 g/mol. The van der Waals surface area contributed by atoms with Gasteiger partial charge in [-0.3, -0.25) is 4.79 Å². The zero-order valence-corrected chi connectivity index (χ0v) is 12.1. The fraction of sp³-hybridized carbons (Fsp3) is 0.615. The SMILES string of the molecule is CCCC(C)CC(=O)NCCc1nc(C(=O)O)cs1. The zero-order valence-electron chi connectivity index (χ0n) is 11.3. The number of thiazole rings is 1. The van der Waals surface area contributed by atoms with Gasteiger partial charge < -0.3 is 10.4 Å². The molecule has 0 saturated carbocycles. The fourth-order valence-corrected chi connectivity index (χ4v) is 2.59. The van der Waals surface area contributed by atoms with Crippen LogP contribution in [0.4, 0.5) is 0 Å². The summed E-state index contributed by atoms with van der Waals surface area (Å²) in [7, 11) is 0. The minimum Gasteiger partial charge on any atom is -0.476 e. The number of hydrogen-bond donors (Lipinski definition) is 2. The smallest absolute Gasteiger partial charge is 0.355 e. The molecule has 5 nitrogen and oxygen atoms in total. The Morgan fingerprint density at radius 3 is 2.84 bits per heavy atom. The van der Waals surface area contributed by atoms with Gasteiger partial charge in [-0.2, -0.15) is 0 Å². The maximum absolute atomic E-state index is 11.6. The van der Waals surface area contributed by atoms with Crippen LogP contribution in [-0.4, -0.2) is 28.5 Å². The lowest BCUT2D eigenvalue weighted by molar-refractivity contribution is -0.121. The Kier molecular flexibility index (Phi) is 6.49. The van der Waals surface area contributed by atoms with Crippen LogP contribution in [0.5, 0.6) is 0 Å². The van der Waals surface area contributed by atoms with Crippen LogP contribution in [0.15, 0.2) is 5.38 Å². The van der Waals surface area contributed by atoms with Crippen molar-refractivity contribution in [2.75, 3.05) is 6.54 Å². The summed E-state index contributed by atoms with van der Waals surface area (Å²) < 4.78 is 0. The average molecular weight is 284 g/mol. The third-order valence-electron chi connectivity index (χ3n) is 2.75. The quantitative estimate of drug-likeness (QED) is 0.768. The van der Waals surface area contributed by atoms with Gasteiger partial charge in [0.25, 0.3) is 0 Å². The zero-order chi connectivity index (χ0) is 14.3. The van der Waals surface area contributed by atoms with E-state index in [4.69, 9.17) is 5.11 Å². The normalized spacial score (nSPS) is 12.1. The second kappa shape index (κ2) is 7.89. The van der Waals surface area contributed by atoms with E-state index in [0.717, 1.165) is 17.8 Å². The molecule has 106 valence electrons. The van der Waals surface area contributed by atoms with Crippen LogP contribution in [0.25, 0.3) is 0 Å². The van der Waals surface area contributed by atoms with Gasteiger partial charge in [-0.05, 0) is 5.92 Å². The van der Waals surface area contributed by atoms with Gasteiger partial charge in [0.15, 0.2) is 5.69 Å². The summed E-state index contributed by atoms with van der Waals surface area (Å²) in [6.45, 7) is 4.68. The standard InChI is InChI=1S/C13H20N2O3S/c1-3-4-9(2)7-11(16)14-6-5-12-15-10(8-19-12)13(17)18/h8-9H,3-7H2,1-2H3,(H,14,16)(H,17,18). The van der Waals surface area contributed by atoms with Gasteiger partial charge in [0.1, 0.15) is 0 Å². The molecule has 0 radical (unpaired) electrons. The third kappa shape index (κ3) is 5.83. The third-order valence-corrected chi connectivity index (χ3v) is 3.66. The molecule has 0 bridgehead atoms. The Hall–Kier alpha value is -1.43. The van der Waals surface area contributed by atoms with Crippen molar-refractivity contribution in [3.05, 3.63) is 16.1 Å². The first-order valence-corrected chi connectivity index (χ1v) is 7.35. The minimum atomic E-state index is -1.01. The number of carboxylic acids is 1. The number of aromatic carboxylic acids is 1. The molecule has 0 fully saturated rings. The van der Waals surface area contributed by atoms with Gasteiger partial charge in [-0.25, -0.2) is 9.78 Å². The van der Waals surface area contributed by atoms with E-state index >= 15 is 0 Å². The molecule has 0 aliphatic rings.